The number of carboxylic acid groups (broad SMARTS) is 1. The molecule has 0 aliphatic carbocycles. The number of amides is 1. The maximum atomic E-state index is 13.1. The van der Waals surface area contributed by atoms with Crippen LogP contribution in [0, 0.1) is 11.6 Å². The second kappa shape index (κ2) is 10.3. The number of carbonyl (C=O) groups excluding carboxylic acids is 1. The van der Waals surface area contributed by atoms with Gasteiger partial charge in [-0.2, -0.15) is 0 Å². The molecule has 0 aliphatic heterocycles. The van der Waals surface area contributed by atoms with Crippen molar-refractivity contribution >= 4 is 11.9 Å². The Morgan fingerprint density at radius 2 is 1.67 bits per heavy atom. The van der Waals surface area contributed by atoms with E-state index in [2.05, 4.69) is 5.32 Å². The summed E-state index contributed by atoms with van der Waals surface area (Å²) in [5.74, 6) is -2.41. The van der Waals surface area contributed by atoms with Gasteiger partial charge in [0.2, 0.25) is 5.91 Å². The van der Waals surface area contributed by atoms with E-state index in [9.17, 15) is 18.4 Å². The van der Waals surface area contributed by atoms with Crippen molar-refractivity contribution in [3.05, 3.63) is 65.2 Å². The summed E-state index contributed by atoms with van der Waals surface area (Å²) in [4.78, 5) is 22.3. The number of hydrogen-bond donors (Lipinski definition) is 2. The van der Waals surface area contributed by atoms with E-state index in [-0.39, 0.29) is 12.5 Å². The van der Waals surface area contributed by atoms with Crippen molar-refractivity contribution in [1.29, 1.82) is 0 Å². The average molecular weight is 377 g/mol. The number of hydrogen-bond acceptors (Lipinski definition) is 3. The summed E-state index contributed by atoms with van der Waals surface area (Å²) in [6.07, 6.45) is 1.99. The van der Waals surface area contributed by atoms with E-state index in [1.165, 1.54) is 6.07 Å². The van der Waals surface area contributed by atoms with Crippen LogP contribution < -0.4 is 10.1 Å². The molecule has 0 heterocycles. The molecule has 7 heteroatoms. The molecule has 0 atom stereocenters. The van der Waals surface area contributed by atoms with Crippen LogP contribution in [0.2, 0.25) is 0 Å². The first-order valence-electron chi connectivity index (χ1n) is 8.58. The quantitative estimate of drug-likeness (QED) is 0.667. The van der Waals surface area contributed by atoms with Crippen LogP contribution in [0.4, 0.5) is 8.78 Å². The summed E-state index contributed by atoms with van der Waals surface area (Å²) in [6, 6.07) is 10.7. The van der Waals surface area contributed by atoms with Crippen molar-refractivity contribution in [3.63, 3.8) is 0 Å². The lowest BCUT2D eigenvalue weighted by Gasteiger charge is -2.07. The Morgan fingerprint density at radius 3 is 2.33 bits per heavy atom. The summed E-state index contributed by atoms with van der Waals surface area (Å²) in [6.45, 7) is 0.0826. The summed E-state index contributed by atoms with van der Waals surface area (Å²) >= 11 is 0. The van der Waals surface area contributed by atoms with Gasteiger partial charge >= 0.3 is 5.97 Å². The lowest BCUT2D eigenvalue weighted by Crippen LogP contribution is -2.25. The van der Waals surface area contributed by atoms with Gasteiger partial charge in [0.05, 0.1) is 0 Å². The maximum Gasteiger partial charge on any atom is 0.341 e. The van der Waals surface area contributed by atoms with Crippen LogP contribution in [0.3, 0.4) is 0 Å². The minimum Gasteiger partial charge on any atom is -0.482 e. The fraction of sp³-hybridized carbons (Fsp3) is 0.300. The van der Waals surface area contributed by atoms with Gasteiger partial charge in [-0.1, -0.05) is 18.2 Å². The molecule has 0 saturated carbocycles. The van der Waals surface area contributed by atoms with Crippen LogP contribution in [0.15, 0.2) is 42.5 Å². The molecule has 0 radical (unpaired) electrons. The molecule has 0 aromatic heterocycles. The van der Waals surface area contributed by atoms with Crippen molar-refractivity contribution in [3.8, 4) is 5.75 Å². The molecular formula is C20H21F2NO4. The molecule has 2 aromatic carbocycles. The highest BCUT2D eigenvalue weighted by Gasteiger charge is 2.05. The SMILES string of the molecule is O=C(O)COc1ccc(CCNC(=O)CCCc2ccc(F)c(F)c2)cc1. The van der Waals surface area contributed by atoms with Crippen LogP contribution in [0.25, 0.3) is 0 Å². The van der Waals surface area contributed by atoms with Gasteiger partial charge in [0, 0.05) is 13.0 Å². The predicted molar refractivity (Wildman–Crippen MR) is 95.6 cm³/mol. The van der Waals surface area contributed by atoms with E-state index in [0.29, 0.717) is 43.5 Å². The van der Waals surface area contributed by atoms with Crippen LogP contribution in [-0.2, 0) is 22.4 Å². The Labute approximate surface area is 156 Å². The van der Waals surface area contributed by atoms with Crippen molar-refractivity contribution in [2.24, 2.45) is 0 Å². The number of rotatable bonds is 10. The summed E-state index contributed by atoms with van der Waals surface area (Å²) < 4.78 is 31.0. The van der Waals surface area contributed by atoms with Gasteiger partial charge in [-0.15, -0.1) is 0 Å². The fourth-order valence-corrected chi connectivity index (χ4v) is 2.48. The molecule has 27 heavy (non-hydrogen) atoms. The topological polar surface area (TPSA) is 75.6 Å². The number of halogens is 2. The first-order chi connectivity index (χ1) is 12.9. The zero-order valence-electron chi connectivity index (χ0n) is 14.7. The summed E-state index contributed by atoms with van der Waals surface area (Å²) in [5, 5.41) is 11.4. The van der Waals surface area contributed by atoms with Gasteiger partial charge in [-0.3, -0.25) is 4.79 Å². The van der Waals surface area contributed by atoms with Crippen molar-refractivity contribution < 1.29 is 28.2 Å². The third kappa shape index (κ3) is 7.43. The van der Waals surface area contributed by atoms with E-state index in [1.54, 1.807) is 12.1 Å². The lowest BCUT2D eigenvalue weighted by molar-refractivity contribution is -0.139. The number of aliphatic carboxylic acids is 1. The Morgan fingerprint density at radius 1 is 0.963 bits per heavy atom. The lowest BCUT2D eigenvalue weighted by atomic mass is 10.1. The van der Waals surface area contributed by atoms with E-state index in [1.807, 2.05) is 12.1 Å². The van der Waals surface area contributed by atoms with Crippen LogP contribution >= 0.6 is 0 Å². The van der Waals surface area contributed by atoms with Crippen LogP contribution in [0.5, 0.6) is 5.75 Å². The maximum absolute atomic E-state index is 13.1. The molecule has 2 rings (SSSR count). The second-order valence-corrected chi connectivity index (χ2v) is 6.03. The van der Waals surface area contributed by atoms with Crippen LogP contribution in [-0.4, -0.2) is 30.1 Å². The predicted octanol–water partition coefficient (Wildman–Crippen LogP) is 3.11. The standard InChI is InChI=1S/C20H21F2NO4/c21-17-9-6-15(12-18(17)22)2-1-3-19(24)23-11-10-14-4-7-16(8-5-14)27-13-20(25)26/h4-9,12H,1-3,10-11,13H2,(H,23,24)(H,25,26). The second-order valence-electron chi connectivity index (χ2n) is 6.03. The number of benzene rings is 2. The Bertz CT molecular complexity index is 778. The van der Waals surface area contributed by atoms with Crippen molar-refractivity contribution in [1.82, 2.24) is 5.32 Å². The number of carboxylic acids is 1. The van der Waals surface area contributed by atoms with Crippen LogP contribution in [0.1, 0.15) is 24.0 Å². The van der Waals surface area contributed by atoms with Gasteiger partial charge in [-0.25, -0.2) is 13.6 Å². The van der Waals surface area contributed by atoms with Crippen molar-refractivity contribution in [2.75, 3.05) is 13.2 Å². The normalized spacial score (nSPS) is 10.4. The molecule has 144 valence electrons. The smallest absolute Gasteiger partial charge is 0.341 e. The molecule has 2 N–H and O–H groups in total. The third-order valence-corrected chi connectivity index (χ3v) is 3.87. The minimum atomic E-state index is -1.04. The van der Waals surface area contributed by atoms with E-state index in [0.717, 1.165) is 17.7 Å². The Balaban J connectivity index is 1.64. The highest BCUT2D eigenvalue weighted by atomic mass is 19.2. The van der Waals surface area contributed by atoms with E-state index in [4.69, 9.17) is 9.84 Å². The van der Waals surface area contributed by atoms with Gasteiger partial charge in [-0.05, 0) is 54.7 Å². The number of aryl methyl sites for hydroxylation is 1. The molecular weight excluding hydrogens is 356 g/mol. The highest BCUT2D eigenvalue weighted by molar-refractivity contribution is 5.75. The zero-order valence-corrected chi connectivity index (χ0v) is 14.7. The molecule has 0 bridgehead atoms. The summed E-state index contributed by atoms with van der Waals surface area (Å²) in [5.41, 5.74) is 1.65. The Hall–Kier alpha value is -2.96. The molecule has 0 spiro atoms. The van der Waals surface area contributed by atoms with Gasteiger partial charge in [0.25, 0.3) is 0 Å². The first kappa shape index (κ1) is 20.4. The zero-order chi connectivity index (χ0) is 19.6. The molecule has 0 saturated heterocycles. The number of nitrogens with one attached hydrogen (secondary N) is 1. The monoisotopic (exact) mass is 377 g/mol. The third-order valence-electron chi connectivity index (χ3n) is 3.87. The average Bonchev–Trinajstić information content (AvgIpc) is 2.64. The molecule has 0 fully saturated rings. The number of ether oxygens (including phenoxy) is 1. The van der Waals surface area contributed by atoms with Gasteiger partial charge < -0.3 is 15.2 Å². The highest BCUT2D eigenvalue weighted by Crippen LogP contribution is 2.13. The van der Waals surface area contributed by atoms with Gasteiger partial charge in [0.1, 0.15) is 5.75 Å². The summed E-state index contributed by atoms with van der Waals surface area (Å²) in [7, 11) is 0. The van der Waals surface area contributed by atoms with Crippen molar-refractivity contribution in [2.45, 2.75) is 25.7 Å². The van der Waals surface area contributed by atoms with Gasteiger partial charge in [0.15, 0.2) is 18.2 Å². The minimum absolute atomic E-state index is 0.0982. The fourth-order valence-electron chi connectivity index (χ4n) is 2.48. The van der Waals surface area contributed by atoms with E-state index < -0.39 is 17.6 Å². The molecule has 5 nitrogen and oxygen atoms in total. The Kier molecular flexibility index (Phi) is 7.73. The molecule has 2 aromatic rings. The molecule has 1 amide bonds. The number of carbonyl (C=O) groups is 2. The largest absolute Gasteiger partial charge is 0.482 e. The van der Waals surface area contributed by atoms with E-state index >= 15 is 0 Å². The molecule has 0 aliphatic rings. The molecule has 0 unspecified atom stereocenters. The first-order valence-corrected chi connectivity index (χ1v) is 8.58.